The average Bonchev–Trinajstić information content (AvgIpc) is 3.35. The maximum Gasteiger partial charge on any atom is 0.435 e. The number of carbonyl (C=O) groups excluding carboxylic acids is 1. The lowest BCUT2D eigenvalue weighted by Crippen LogP contribution is -2.53. The smallest absolute Gasteiger partial charge is 0.330 e. The van der Waals surface area contributed by atoms with Crippen LogP contribution in [0.1, 0.15) is 36.3 Å². The van der Waals surface area contributed by atoms with E-state index in [0.717, 1.165) is 36.4 Å². The summed E-state index contributed by atoms with van der Waals surface area (Å²) in [6.45, 7) is 0.344. The molecule has 1 aliphatic carbocycles. The molecule has 2 amide bonds. The molecule has 0 radical (unpaired) electrons. The number of hydrogen-bond donors (Lipinski definition) is 1. The molecule has 0 aromatic carbocycles. The summed E-state index contributed by atoms with van der Waals surface area (Å²) in [5.74, 6) is 0.161. The summed E-state index contributed by atoms with van der Waals surface area (Å²) in [5, 5.41) is 8.68. The first kappa shape index (κ1) is 20.2. The summed E-state index contributed by atoms with van der Waals surface area (Å²) in [5.41, 5.74) is -1.50. The van der Waals surface area contributed by atoms with Crippen LogP contribution in [0.2, 0.25) is 0 Å². The van der Waals surface area contributed by atoms with Crippen LogP contribution < -0.4 is 10.2 Å². The van der Waals surface area contributed by atoms with E-state index >= 15 is 0 Å². The van der Waals surface area contributed by atoms with Gasteiger partial charge in [-0.25, -0.2) is 4.79 Å². The van der Waals surface area contributed by atoms with Crippen molar-refractivity contribution in [3.05, 3.63) is 34.2 Å². The number of alkyl halides is 3. The number of anilines is 1. The number of urea groups is 1. The lowest BCUT2D eigenvalue weighted by molar-refractivity contribution is -0.141. The lowest BCUT2D eigenvalue weighted by Gasteiger charge is -2.47. The van der Waals surface area contributed by atoms with Crippen LogP contribution in [0.25, 0.3) is 0 Å². The third kappa shape index (κ3) is 3.31. The Kier molecular flexibility index (Phi) is 4.69. The first-order valence-electron chi connectivity index (χ1n) is 9.49. The average molecular weight is 427 g/mol. The first-order valence-corrected chi connectivity index (χ1v) is 10.4. The zero-order valence-electron chi connectivity index (χ0n) is 16.6. The Bertz CT molecular complexity index is 898. The number of halogens is 3. The summed E-state index contributed by atoms with van der Waals surface area (Å²) >= 11 is 1.73. The number of nitrogens with one attached hydrogen (secondary N) is 1. The summed E-state index contributed by atoms with van der Waals surface area (Å²) in [6.07, 6.45) is -1.28. The van der Waals surface area contributed by atoms with Gasteiger partial charge in [-0.1, -0.05) is 6.07 Å². The number of hydrogen-bond acceptors (Lipinski definition) is 4. The molecule has 2 fully saturated rings. The molecule has 1 spiro atoms. The minimum absolute atomic E-state index is 0.0758. The van der Waals surface area contributed by atoms with Gasteiger partial charge in [-0.2, -0.15) is 18.3 Å². The molecule has 1 saturated heterocycles. The van der Waals surface area contributed by atoms with Crippen molar-refractivity contribution < 1.29 is 18.0 Å². The second-order valence-corrected chi connectivity index (χ2v) is 9.16. The Morgan fingerprint density at radius 1 is 1.24 bits per heavy atom. The second-order valence-electron chi connectivity index (χ2n) is 8.21. The number of thiophene rings is 1. The Morgan fingerprint density at radius 3 is 2.45 bits per heavy atom. The molecule has 1 saturated carbocycles. The van der Waals surface area contributed by atoms with Gasteiger partial charge in [-0.15, -0.1) is 11.3 Å². The van der Waals surface area contributed by atoms with Crippen LogP contribution in [0, 0.1) is 0 Å². The standard InChI is InChI=1S/C19H24F3N5OS/c1-25(2)18(14-5-4-10-29-14)8-6-17(7-9-18)12-27(16(28)23-17)15-11-13(19(20,21)22)24-26(15)3/h4-5,10-11H,6-9,12H2,1-3H3,(H,23,28). The van der Waals surface area contributed by atoms with Gasteiger partial charge in [0.05, 0.1) is 17.6 Å². The van der Waals surface area contributed by atoms with Crippen LogP contribution in [0.4, 0.5) is 23.8 Å². The highest BCUT2D eigenvalue weighted by molar-refractivity contribution is 7.10. The minimum atomic E-state index is -4.54. The highest BCUT2D eigenvalue weighted by atomic mass is 32.1. The van der Waals surface area contributed by atoms with Gasteiger partial charge in [-0.05, 0) is 51.2 Å². The fraction of sp³-hybridized carbons (Fsp3) is 0.579. The third-order valence-electron chi connectivity index (χ3n) is 6.37. The van der Waals surface area contributed by atoms with Crippen LogP contribution in [-0.2, 0) is 18.8 Å². The highest BCUT2D eigenvalue weighted by Gasteiger charge is 2.51. The van der Waals surface area contributed by atoms with Crippen molar-refractivity contribution in [3.63, 3.8) is 0 Å². The summed E-state index contributed by atoms with van der Waals surface area (Å²) in [7, 11) is 5.58. The maximum atomic E-state index is 13.0. The van der Waals surface area contributed by atoms with E-state index in [2.05, 4.69) is 46.9 Å². The molecule has 2 aliphatic rings. The molecule has 3 heterocycles. The van der Waals surface area contributed by atoms with Gasteiger partial charge in [0.2, 0.25) is 0 Å². The van der Waals surface area contributed by atoms with E-state index in [-0.39, 0.29) is 17.4 Å². The summed E-state index contributed by atoms with van der Waals surface area (Å²) < 4.78 is 40.2. The van der Waals surface area contributed by atoms with Crippen LogP contribution in [0.5, 0.6) is 0 Å². The lowest BCUT2D eigenvalue weighted by atomic mass is 9.71. The largest absolute Gasteiger partial charge is 0.435 e. The normalized spacial score (nSPS) is 27.8. The number of rotatable bonds is 3. The molecule has 4 rings (SSSR count). The van der Waals surface area contributed by atoms with E-state index in [1.165, 1.54) is 16.8 Å². The molecule has 2 aromatic heterocycles. The van der Waals surface area contributed by atoms with Crippen molar-refractivity contribution in [2.45, 2.75) is 42.9 Å². The van der Waals surface area contributed by atoms with Crippen molar-refractivity contribution >= 4 is 23.2 Å². The van der Waals surface area contributed by atoms with E-state index in [9.17, 15) is 18.0 Å². The van der Waals surface area contributed by atoms with Gasteiger partial charge >= 0.3 is 12.2 Å². The van der Waals surface area contributed by atoms with Gasteiger partial charge in [0.25, 0.3) is 0 Å². The zero-order chi connectivity index (χ0) is 21.0. The number of aryl methyl sites for hydroxylation is 1. The van der Waals surface area contributed by atoms with E-state index < -0.39 is 17.4 Å². The fourth-order valence-corrected chi connectivity index (χ4v) is 5.69. The maximum absolute atomic E-state index is 13.0. The second kappa shape index (κ2) is 6.73. The Morgan fingerprint density at radius 2 is 1.93 bits per heavy atom. The molecule has 0 bridgehead atoms. The van der Waals surface area contributed by atoms with Gasteiger partial charge in [0.15, 0.2) is 5.69 Å². The first-order chi connectivity index (χ1) is 13.6. The molecule has 0 unspecified atom stereocenters. The van der Waals surface area contributed by atoms with E-state index in [0.29, 0.717) is 6.54 Å². The molecule has 29 heavy (non-hydrogen) atoms. The SMILES string of the molecule is CN(C)C1(c2cccs2)CCC2(CC1)CN(c1cc(C(F)(F)F)nn1C)C(=O)N2. The number of carbonyl (C=O) groups is 1. The minimum Gasteiger partial charge on any atom is -0.330 e. The van der Waals surface area contributed by atoms with Crippen molar-refractivity contribution in [2.75, 3.05) is 25.5 Å². The summed E-state index contributed by atoms with van der Waals surface area (Å²) in [6, 6.07) is 4.78. The number of aromatic nitrogens is 2. The van der Waals surface area contributed by atoms with Crippen LogP contribution in [0.3, 0.4) is 0 Å². The predicted octanol–water partition coefficient (Wildman–Crippen LogP) is 3.80. The molecule has 158 valence electrons. The monoisotopic (exact) mass is 427 g/mol. The van der Waals surface area contributed by atoms with Crippen LogP contribution >= 0.6 is 11.3 Å². The van der Waals surface area contributed by atoms with Crippen molar-refractivity contribution in [2.24, 2.45) is 7.05 Å². The number of amides is 2. The van der Waals surface area contributed by atoms with Crippen molar-refractivity contribution in [1.82, 2.24) is 20.0 Å². The predicted molar refractivity (Wildman–Crippen MR) is 105 cm³/mol. The molecule has 1 N–H and O–H groups in total. The third-order valence-corrected chi connectivity index (χ3v) is 7.43. The van der Waals surface area contributed by atoms with Gasteiger partial charge in [-0.3, -0.25) is 14.5 Å². The molecule has 1 aliphatic heterocycles. The van der Waals surface area contributed by atoms with Gasteiger partial charge in [0.1, 0.15) is 5.82 Å². The van der Waals surface area contributed by atoms with Crippen LogP contribution in [-0.4, -0.2) is 46.9 Å². The molecule has 0 atom stereocenters. The fourth-order valence-electron chi connectivity index (χ4n) is 4.62. The van der Waals surface area contributed by atoms with Gasteiger partial charge in [0, 0.05) is 18.0 Å². The number of nitrogens with zero attached hydrogens (tertiary/aromatic N) is 4. The molecule has 10 heteroatoms. The van der Waals surface area contributed by atoms with Crippen molar-refractivity contribution in [3.8, 4) is 0 Å². The zero-order valence-corrected chi connectivity index (χ0v) is 17.4. The Hall–Kier alpha value is -2.07. The van der Waals surface area contributed by atoms with Crippen LogP contribution in [0.15, 0.2) is 23.6 Å². The van der Waals surface area contributed by atoms with E-state index in [1.54, 1.807) is 11.3 Å². The van der Waals surface area contributed by atoms with E-state index in [4.69, 9.17) is 0 Å². The summed E-state index contributed by atoms with van der Waals surface area (Å²) in [4.78, 5) is 17.6. The highest BCUT2D eigenvalue weighted by Crippen LogP contribution is 2.47. The Balaban J connectivity index is 1.55. The molecule has 6 nitrogen and oxygen atoms in total. The topological polar surface area (TPSA) is 53.4 Å². The van der Waals surface area contributed by atoms with E-state index in [1.807, 2.05) is 0 Å². The van der Waals surface area contributed by atoms with Gasteiger partial charge < -0.3 is 5.32 Å². The molecule has 2 aromatic rings. The van der Waals surface area contributed by atoms with Crippen molar-refractivity contribution in [1.29, 1.82) is 0 Å². The Labute approximate surface area is 171 Å². The molecular formula is C19H24F3N5OS. The quantitative estimate of drug-likeness (QED) is 0.811. The molecular weight excluding hydrogens is 403 g/mol.